The lowest BCUT2D eigenvalue weighted by atomic mass is 10.2. The summed E-state index contributed by atoms with van der Waals surface area (Å²) < 4.78 is 22.9. The Hall–Kier alpha value is -0.170. The van der Waals surface area contributed by atoms with E-state index in [1.807, 2.05) is 0 Å². The van der Waals surface area contributed by atoms with E-state index in [1.54, 1.807) is 6.92 Å². The van der Waals surface area contributed by atoms with E-state index in [4.69, 9.17) is 5.73 Å². The van der Waals surface area contributed by atoms with Crippen molar-refractivity contribution in [2.24, 2.45) is 5.73 Å². The van der Waals surface area contributed by atoms with Crippen LogP contribution in [0.5, 0.6) is 0 Å². The average molecular weight is 291 g/mol. The molecule has 5 nitrogen and oxygen atoms in total. The third-order valence-electron chi connectivity index (χ3n) is 3.80. The predicted octanol–water partition coefficient (Wildman–Crippen LogP) is 0.168. The second-order valence-electron chi connectivity index (χ2n) is 5.27. The van der Waals surface area contributed by atoms with E-state index in [9.17, 15) is 8.42 Å². The minimum atomic E-state index is -2.82. The van der Waals surface area contributed by atoms with Gasteiger partial charge in [-0.2, -0.15) is 0 Å². The molecular weight excluding hydrogens is 262 g/mol. The van der Waals surface area contributed by atoms with Gasteiger partial charge in [-0.05, 0) is 25.9 Å². The highest BCUT2D eigenvalue weighted by Crippen LogP contribution is 2.05. The van der Waals surface area contributed by atoms with Gasteiger partial charge in [0.25, 0.3) is 0 Å². The summed E-state index contributed by atoms with van der Waals surface area (Å²) in [6.07, 6.45) is 3.56. The van der Waals surface area contributed by atoms with Crippen molar-refractivity contribution < 1.29 is 8.42 Å². The molecule has 0 aromatic heterocycles. The number of rotatable bonds is 9. The summed E-state index contributed by atoms with van der Waals surface area (Å²) in [5.74, 6) is 0.564. The summed E-state index contributed by atoms with van der Waals surface area (Å²) in [6, 6.07) is 0. The lowest BCUT2D eigenvalue weighted by Crippen LogP contribution is -2.47. The molecule has 19 heavy (non-hydrogen) atoms. The van der Waals surface area contributed by atoms with Crippen molar-refractivity contribution in [1.29, 1.82) is 0 Å². The quantitative estimate of drug-likeness (QED) is 0.613. The fourth-order valence-corrected chi connectivity index (χ4v) is 3.13. The Morgan fingerprint density at radius 2 is 1.53 bits per heavy atom. The van der Waals surface area contributed by atoms with Crippen LogP contribution in [-0.2, 0) is 9.84 Å². The van der Waals surface area contributed by atoms with Gasteiger partial charge < -0.3 is 10.6 Å². The second kappa shape index (κ2) is 8.89. The molecule has 0 saturated carbocycles. The Morgan fingerprint density at radius 3 is 2.05 bits per heavy atom. The van der Waals surface area contributed by atoms with Gasteiger partial charge in [0, 0.05) is 38.5 Å². The molecule has 6 heteroatoms. The van der Waals surface area contributed by atoms with Crippen LogP contribution in [0, 0.1) is 0 Å². The summed E-state index contributed by atoms with van der Waals surface area (Å²) >= 11 is 0. The Kier molecular flexibility index (Phi) is 7.90. The van der Waals surface area contributed by atoms with Crippen LogP contribution in [0.15, 0.2) is 0 Å². The van der Waals surface area contributed by atoms with Crippen LogP contribution >= 0.6 is 0 Å². The second-order valence-corrected chi connectivity index (χ2v) is 7.74. The maximum atomic E-state index is 11.5. The molecule has 0 unspecified atom stereocenters. The van der Waals surface area contributed by atoms with Gasteiger partial charge in [0.2, 0.25) is 0 Å². The van der Waals surface area contributed by atoms with E-state index in [0.717, 1.165) is 45.7 Å². The van der Waals surface area contributed by atoms with Gasteiger partial charge in [0.15, 0.2) is 9.84 Å². The molecule has 0 amide bonds. The monoisotopic (exact) mass is 291 g/mol. The van der Waals surface area contributed by atoms with Crippen LogP contribution in [0.1, 0.15) is 26.2 Å². The van der Waals surface area contributed by atoms with Crippen molar-refractivity contribution in [3.8, 4) is 0 Å². The Morgan fingerprint density at radius 1 is 0.947 bits per heavy atom. The maximum absolute atomic E-state index is 11.5. The van der Waals surface area contributed by atoms with Crippen LogP contribution in [-0.4, -0.2) is 75.5 Å². The summed E-state index contributed by atoms with van der Waals surface area (Å²) in [5.41, 5.74) is 5.48. The van der Waals surface area contributed by atoms with Crippen LogP contribution in [0.3, 0.4) is 0 Å². The molecular formula is C13H29N3O2S. The largest absolute Gasteiger partial charge is 0.330 e. The highest BCUT2D eigenvalue weighted by atomic mass is 32.2. The van der Waals surface area contributed by atoms with Crippen molar-refractivity contribution in [3.05, 3.63) is 0 Å². The van der Waals surface area contributed by atoms with E-state index in [-0.39, 0.29) is 5.75 Å². The molecule has 0 radical (unpaired) electrons. The highest BCUT2D eigenvalue weighted by molar-refractivity contribution is 7.91. The van der Waals surface area contributed by atoms with Crippen LogP contribution in [0.2, 0.25) is 0 Å². The first-order chi connectivity index (χ1) is 9.07. The highest BCUT2D eigenvalue weighted by Gasteiger charge is 2.18. The van der Waals surface area contributed by atoms with Crippen molar-refractivity contribution >= 4 is 9.84 Å². The van der Waals surface area contributed by atoms with E-state index in [0.29, 0.717) is 12.3 Å². The van der Waals surface area contributed by atoms with E-state index >= 15 is 0 Å². The lowest BCUT2D eigenvalue weighted by molar-refractivity contribution is 0.136. The Balaban J connectivity index is 2.11. The molecule has 0 spiro atoms. The Labute approximate surface area is 118 Å². The van der Waals surface area contributed by atoms with Crippen molar-refractivity contribution in [2.75, 3.05) is 57.3 Å². The molecule has 0 atom stereocenters. The molecule has 1 rings (SSSR count). The maximum Gasteiger partial charge on any atom is 0.151 e. The van der Waals surface area contributed by atoms with Crippen LogP contribution in [0.25, 0.3) is 0 Å². The smallest absolute Gasteiger partial charge is 0.151 e. The SMILES string of the molecule is CCS(=O)(=O)CCN1CCN(CCCCCN)CC1. The molecule has 0 aromatic rings. The minimum Gasteiger partial charge on any atom is -0.330 e. The number of nitrogens with zero attached hydrogens (tertiary/aromatic N) is 2. The fourth-order valence-electron chi connectivity index (χ4n) is 2.31. The van der Waals surface area contributed by atoms with Gasteiger partial charge in [0.05, 0.1) is 5.75 Å². The minimum absolute atomic E-state index is 0.258. The third kappa shape index (κ3) is 7.25. The van der Waals surface area contributed by atoms with E-state index in [1.165, 1.54) is 12.8 Å². The topological polar surface area (TPSA) is 66.6 Å². The molecule has 1 saturated heterocycles. The van der Waals surface area contributed by atoms with Gasteiger partial charge >= 0.3 is 0 Å². The number of sulfone groups is 1. The lowest BCUT2D eigenvalue weighted by Gasteiger charge is -2.34. The normalized spacial score (nSPS) is 18.8. The molecule has 2 N–H and O–H groups in total. The first-order valence-corrected chi connectivity index (χ1v) is 9.24. The van der Waals surface area contributed by atoms with E-state index in [2.05, 4.69) is 9.80 Å². The van der Waals surface area contributed by atoms with Gasteiger partial charge in [-0.3, -0.25) is 4.90 Å². The zero-order valence-electron chi connectivity index (χ0n) is 12.2. The summed E-state index contributed by atoms with van der Waals surface area (Å²) in [7, 11) is -2.82. The molecule has 1 heterocycles. The standard InChI is InChI=1S/C13H29N3O2S/c1-2-19(17,18)13-12-16-10-8-15(9-11-16)7-5-3-4-6-14/h2-14H2,1H3. The number of nitrogens with two attached hydrogens (primary N) is 1. The number of piperazine rings is 1. The third-order valence-corrected chi connectivity index (χ3v) is 5.49. The van der Waals surface area contributed by atoms with Crippen molar-refractivity contribution in [2.45, 2.75) is 26.2 Å². The van der Waals surface area contributed by atoms with Crippen molar-refractivity contribution in [3.63, 3.8) is 0 Å². The first kappa shape index (κ1) is 16.9. The molecule has 1 aliphatic heterocycles. The molecule has 0 aliphatic carbocycles. The first-order valence-electron chi connectivity index (χ1n) is 7.42. The number of unbranched alkanes of at least 4 members (excludes halogenated alkanes) is 2. The summed E-state index contributed by atoms with van der Waals surface area (Å²) in [4.78, 5) is 4.74. The predicted molar refractivity (Wildman–Crippen MR) is 80.1 cm³/mol. The number of hydrogen-bond donors (Lipinski definition) is 1. The van der Waals surface area contributed by atoms with E-state index < -0.39 is 9.84 Å². The summed E-state index contributed by atoms with van der Waals surface area (Å²) in [6.45, 7) is 8.47. The van der Waals surface area contributed by atoms with Crippen LogP contribution in [0.4, 0.5) is 0 Å². The molecule has 0 bridgehead atoms. The van der Waals surface area contributed by atoms with Gasteiger partial charge in [-0.15, -0.1) is 0 Å². The molecule has 114 valence electrons. The van der Waals surface area contributed by atoms with Gasteiger partial charge in [0.1, 0.15) is 0 Å². The molecule has 1 aliphatic rings. The van der Waals surface area contributed by atoms with Crippen LogP contribution < -0.4 is 5.73 Å². The zero-order valence-corrected chi connectivity index (χ0v) is 13.0. The molecule has 1 fully saturated rings. The van der Waals surface area contributed by atoms with Crippen molar-refractivity contribution in [1.82, 2.24) is 9.80 Å². The fraction of sp³-hybridized carbons (Fsp3) is 1.00. The summed E-state index contributed by atoms with van der Waals surface area (Å²) in [5, 5.41) is 0. The Bertz CT molecular complexity index is 325. The van der Waals surface area contributed by atoms with Gasteiger partial charge in [-0.1, -0.05) is 13.3 Å². The average Bonchev–Trinajstić information content (AvgIpc) is 2.43. The molecule has 0 aromatic carbocycles. The number of hydrogen-bond acceptors (Lipinski definition) is 5. The zero-order chi connectivity index (χ0) is 14.1. The van der Waals surface area contributed by atoms with Gasteiger partial charge in [-0.25, -0.2) is 8.42 Å².